The molecular formula is C33H22N2S. The van der Waals surface area contributed by atoms with Gasteiger partial charge in [-0.25, -0.2) is 4.98 Å². The Morgan fingerprint density at radius 2 is 0.972 bits per heavy atom. The maximum absolute atomic E-state index is 5.28. The zero-order chi connectivity index (χ0) is 23.9. The summed E-state index contributed by atoms with van der Waals surface area (Å²) in [6.07, 6.45) is 0. The lowest BCUT2D eigenvalue weighted by atomic mass is 10.0. The second-order valence-corrected chi connectivity index (χ2v) is 9.81. The van der Waals surface area contributed by atoms with E-state index in [0.717, 1.165) is 33.1 Å². The zero-order valence-electron chi connectivity index (χ0n) is 19.5. The molecule has 2 nitrogen and oxygen atoms in total. The first-order valence-electron chi connectivity index (χ1n) is 12.1. The summed E-state index contributed by atoms with van der Waals surface area (Å²) in [5.74, 6) is 0. The first kappa shape index (κ1) is 20.9. The molecule has 0 saturated heterocycles. The topological polar surface area (TPSA) is 16.1 Å². The molecule has 3 heteroatoms. The molecule has 0 unspecified atom stereocenters. The number of aromatic nitrogens is 1. The van der Waals surface area contributed by atoms with Crippen LogP contribution in [0.5, 0.6) is 0 Å². The predicted molar refractivity (Wildman–Crippen MR) is 155 cm³/mol. The minimum absolute atomic E-state index is 1.03. The first-order valence-corrected chi connectivity index (χ1v) is 12.9. The molecule has 1 aromatic heterocycles. The smallest absolute Gasteiger partial charge is 0.126 e. The summed E-state index contributed by atoms with van der Waals surface area (Å²) >= 11 is 1.78. The molecule has 170 valence electrons. The molecule has 6 aromatic carbocycles. The van der Waals surface area contributed by atoms with E-state index in [4.69, 9.17) is 4.98 Å². The van der Waals surface area contributed by atoms with Crippen LogP contribution in [-0.4, -0.2) is 4.98 Å². The highest BCUT2D eigenvalue weighted by molar-refractivity contribution is 7.22. The lowest BCUT2D eigenvalue weighted by Crippen LogP contribution is -2.10. The van der Waals surface area contributed by atoms with Crippen LogP contribution in [0.25, 0.3) is 42.3 Å². The summed E-state index contributed by atoms with van der Waals surface area (Å²) in [7, 11) is 0. The maximum Gasteiger partial charge on any atom is 0.126 e. The molecule has 0 amide bonds. The van der Waals surface area contributed by atoms with Crippen molar-refractivity contribution in [1.82, 2.24) is 4.98 Å². The summed E-state index contributed by atoms with van der Waals surface area (Å²) in [6.45, 7) is 0. The van der Waals surface area contributed by atoms with Crippen molar-refractivity contribution < 1.29 is 0 Å². The molecule has 7 aromatic rings. The molecule has 0 saturated carbocycles. The zero-order valence-corrected chi connectivity index (χ0v) is 20.3. The summed E-state index contributed by atoms with van der Waals surface area (Å²) in [6, 6.07) is 47.0. The fourth-order valence-electron chi connectivity index (χ4n) is 5.07. The Labute approximate surface area is 213 Å². The molecule has 0 atom stereocenters. The van der Waals surface area contributed by atoms with Crippen LogP contribution >= 0.6 is 11.3 Å². The predicted octanol–water partition coefficient (Wildman–Crippen LogP) is 9.74. The lowest BCUT2D eigenvalue weighted by molar-refractivity contribution is 1.28. The minimum Gasteiger partial charge on any atom is -0.310 e. The maximum atomic E-state index is 5.28. The fraction of sp³-hybridized carbons (Fsp3) is 0. The van der Waals surface area contributed by atoms with Crippen LogP contribution in [0.15, 0.2) is 133 Å². The van der Waals surface area contributed by atoms with Crippen LogP contribution in [0, 0.1) is 0 Å². The van der Waals surface area contributed by atoms with Gasteiger partial charge in [0.25, 0.3) is 0 Å². The van der Waals surface area contributed by atoms with E-state index in [1.54, 1.807) is 11.3 Å². The molecule has 1 heterocycles. The van der Waals surface area contributed by atoms with E-state index in [0.29, 0.717) is 0 Å². The third kappa shape index (κ3) is 3.36. The summed E-state index contributed by atoms with van der Waals surface area (Å²) < 4.78 is 1.24. The van der Waals surface area contributed by atoms with Crippen LogP contribution in [0.4, 0.5) is 17.1 Å². The third-order valence-corrected chi connectivity index (χ3v) is 7.80. The van der Waals surface area contributed by atoms with Crippen molar-refractivity contribution in [3.05, 3.63) is 133 Å². The number of nitrogens with zero attached hydrogens (tertiary/aromatic N) is 2. The molecule has 0 aliphatic rings. The van der Waals surface area contributed by atoms with Gasteiger partial charge in [0.2, 0.25) is 0 Å². The van der Waals surface area contributed by atoms with Gasteiger partial charge in [0.1, 0.15) is 5.01 Å². The number of hydrogen-bond donors (Lipinski definition) is 0. The van der Waals surface area contributed by atoms with Crippen LogP contribution in [0.1, 0.15) is 0 Å². The second kappa shape index (κ2) is 8.63. The van der Waals surface area contributed by atoms with Crippen molar-refractivity contribution >= 4 is 60.2 Å². The molecule has 7 rings (SSSR count). The van der Waals surface area contributed by atoms with E-state index in [1.165, 1.54) is 26.2 Å². The van der Waals surface area contributed by atoms with E-state index >= 15 is 0 Å². The van der Waals surface area contributed by atoms with Gasteiger partial charge in [-0.15, -0.1) is 11.3 Å². The van der Waals surface area contributed by atoms with Gasteiger partial charge in [-0.2, -0.15) is 0 Å². The molecular weight excluding hydrogens is 456 g/mol. The third-order valence-electron chi connectivity index (χ3n) is 6.68. The average molecular weight is 479 g/mol. The van der Waals surface area contributed by atoms with E-state index in [1.807, 2.05) is 0 Å². The SMILES string of the molecule is c1ccc(N(c2ccccc2)c2ccccc2-c2nc3c4ccccc4c4ccccc4c3s2)cc1. The van der Waals surface area contributed by atoms with Crippen LogP contribution in [-0.2, 0) is 0 Å². The number of rotatable bonds is 4. The van der Waals surface area contributed by atoms with Gasteiger partial charge in [0.05, 0.1) is 15.9 Å². The normalized spacial score (nSPS) is 11.3. The van der Waals surface area contributed by atoms with Crippen LogP contribution in [0.3, 0.4) is 0 Å². The van der Waals surface area contributed by atoms with E-state index in [2.05, 4.69) is 138 Å². The van der Waals surface area contributed by atoms with Crippen molar-refractivity contribution in [2.75, 3.05) is 4.90 Å². The number of hydrogen-bond acceptors (Lipinski definition) is 3. The molecule has 0 radical (unpaired) electrons. The number of thiazole rings is 1. The van der Waals surface area contributed by atoms with E-state index in [9.17, 15) is 0 Å². The Balaban J connectivity index is 1.51. The summed E-state index contributed by atoms with van der Waals surface area (Å²) in [4.78, 5) is 7.60. The number of benzene rings is 6. The first-order chi connectivity index (χ1) is 17.9. The molecule has 0 aliphatic carbocycles. The Morgan fingerprint density at radius 3 is 1.64 bits per heavy atom. The van der Waals surface area contributed by atoms with Crippen molar-refractivity contribution in [3.63, 3.8) is 0 Å². The molecule has 0 bridgehead atoms. The number of anilines is 3. The van der Waals surface area contributed by atoms with Crippen LogP contribution in [0.2, 0.25) is 0 Å². The number of fused-ring (bicyclic) bond motifs is 6. The standard InChI is InChI=1S/C33H22N2S/c1-3-13-23(14-4-1)35(24-15-5-2-6-16-24)30-22-12-11-21-29(30)33-34-31-27-19-9-7-17-25(27)26-18-8-10-20-28(26)32(31)36-33/h1-22H. The molecule has 0 N–H and O–H groups in total. The fourth-order valence-corrected chi connectivity index (χ4v) is 6.22. The van der Waals surface area contributed by atoms with Gasteiger partial charge in [0, 0.05) is 27.7 Å². The van der Waals surface area contributed by atoms with Gasteiger partial charge in [0.15, 0.2) is 0 Å². The Morgan fingerprint density at radius 1 is 0.472 bits per heavy atom. The van der Waals surface area contributed by atoms with Crippen molar-refractivity contribution in [3.8, 4) is 10.6 Å². The summed E-state index contributed by atoms with van der Waals surface area (Å²) in [5, 5.41) is 6.02. The van der Waals surface area contributed by atoms with Gasteiger partial charge < -0.3 is 4.90 Å². The molecule has 0 spiro atoms. The Bertz CT molecular complexity index is 1730. The molecule has 0 fully saturated rings. The van der Waals surface area contributed by atoms with Gasteiger partial charge in [-0.1, -0.05) is 97.1 Å². The monoisotopic (exact) mass is 478 g/mol. The van der Waals surface area contributed by atoms with Gasteiger partial charge in [-0.05, 0) is 47.2 Å². The second-order valence-electron chi connectivity index (χ2n) is 8.81. The summed E-state index contributed by atoms with van der Waals surface area (Å²) in [5.41, 5.74) is 5.55. The Kier molecular flexibility index (Phi) is 5.00. The highest BCUT2D eigenvalue weighted by atomic mass is 32.1. The van der Waals surface area contributed by atoms with E-state index < -0.39 is 0 Å². The van der Waals surface area contributed by atoms with Crippen molar-refractivity contribution in [2.45, 2.75) is 0 Å². The van der Waals surface area contributed by atoms with Crippen molar-refractivity contribution in [2.24, 2.45) is 0 Å². The largest absolute Gasteiger partial charge is 0.310 e. The highest BCUT2D eigenvalue weighted by Gasteiger charge is 2.20. The number of para-hydroxylation sites is 3. The van der Waals surface area contributed by atoms with Gasteiger partial charge in [-0.3, -0.25) is 0 Å². The van der Waals surface area contributed by atoms with Crippen molar-refractivity contribution in [1.29, 1.82) is 0 Å². The quantitative estimate of drug-likeness (QED) is 0.234. The highest BCUT2D eigenvalue weighted by Crippen LogP contribution is 2.45. The lowest BCUT2D eigenvalue weighted by Gasteiger charge is -2.27. The Hall–Kier alpha value is -4.47. The average Bonchev–Trinajstić information content (AvgIpc) is 3.41. The molecule has 0 aliphatic heterocycles. The molecule has 36 heavy (non-hydrogen) atoms. The minimum atomic E-state index is 1.03. The van der Waals surface area contributed by atoms with Crippen LogP contribution < -0.4 is 4.90 Å². The van der Waals surface area contributed by atoms with E-state index in [-0.39, 0.29) is 0 Å². The van der Waals surface area contributed by atoms with Gasteiger partial charge >= 0.3 is 0 Å².